The number of aliphatic hydroxyl groups is 1. The topological polar surface area (TPSA) is 161 Å². The monoisotopic (exact) mass is 821 g/mol. The highest BCUT2D eigenvalue weighted by Crippen LogP contribution is 2.45. The molecule has 0 aromatic heterocycles. The van der Waals surface area contributed by atoms with Crippen LogP contribution in [0.3, 0.4) is 0 Å². The van der Waals surface area contributed by atoms with Crippen molar-refractivity contribution in [3.63, 3.8) is 0 Å². The molecule has 3 aromatic carbocycles. The molecule has 13 heteroatoms. The Morgan fingerprint density at radius 3 is 2.18 bits per heavy atom. The molecule has 13 nitrogen and oxygen atoms in total. The van der Waals surface area contributed by atoms with Crippen LogP contribution in [-0.2, 0) is 57.4 Å². The van der Waals surface area contributed by atoms with Crippen molar-refractivity contribution >= 4 is 35.7 Å². The Hall–Kier alpha value is -5.63. The molecule has 3 amide bonds. The van der Waals surface area contributed by atoms with Crippen molar-refractivity contribution in [2.75, 3.05) is 27.7 Å². The molecule has 318 valence electrons. The molecular formula is C47H55N3O10. The van der Waals surface area contributed by atoms with Crippen LogP contribution in [0, 0.1) is 0 Å². The number of nitrogens with one attached hydrogen (secondary N) is 1. The molecule has 2 aliphatic carbocycles. The summed E-state index contributed by atoms with van der Waals surface area (Å²) in [4.78, 5) is 69.7. The molecule has 0 bridgehead atoms. The Morgan fingerprint density at radius 1 is 0.917 bits per heavy atom. The number of nitrogens with zero attached hydrogens (tertiary/aromatic N) is 2. The molecule has 0 radical (unpaired) electrons. The minimum Gasteiger partial charge on any atom is -0.460 e. The summed E-state index contributed by atoms with van der Waals surface area (Å²) in [5.41, 5.74) is 3.58. The van der Waals surface area contributed by atoms with Gasteiger partial charge in [0, 0.05) is 64.9 Å². The first-order valence-corrected chi connectivity index (χ1v) is 20.3. The van der Waals surface area contributed by atoms with Gasteiger partial charge in [0.2, 0.25) is 17.7 Å². The van der Waals surface area contributed by atoms with Crippen molar-refractivity contribution in [3.8, 4) is 0 Å². The second-order valence-electron chi connectivity index (χ2n) is 16.9. The maximum atomic E-state index is 14.6. The summed E-state index contributed by atoms with van der Waals surface area (Å²) in [5.74, 6) is -3.25. The van der Waals surface area contributed by atoms with Gasteiger partial charge in [0.1, 0.15) is 30.0 Å². The summed E-state index contributed by atoms with van der Waals surface area (Å²) in [7, 11) is 4.86. The van der Waals surface area contributed by atoms with Crippen LogP contribution in [0.1, 0.15) is 72.6 Å². The number of aliphatic hydroxyl groups excluding tert-OH is 1. The van der Waals surface area contributed by atoms with Gasteiger partial charge in [-0.25, -0.2) is 4.79 Å². The number of ether oxygens (including phenoxy) is 4. The third kappa shape index (κ3) is 10.9. The lowest BCUT2D eigenvalue weighted by Gasteiger charge is -2.34. The van der Waals surface area contributed by atoms with Gasteiger partial charge in [-0.3, -0.25) is 19.2 Å². The average Bonchev–Trinajstić information content (AvgIpc) is 3.77. The quantitative estimate of drug-likeness (QED) is 0.174. The fourth-order valence-corrected chi connectivity index (χ4v) is 7.71. The molecule has 60 heavy (non-hydrogen) atoms. The third-order valence-corrected chi connectivity index (χ3v) is 10.8. The normalized spacial score (nSPS) is 20.1. The molecular weight excluding hydrogens is 767 g/mol. The van der Waals surface area contributed by atoms with Crippen LogP contribution in [0.5, 0.6) is 0 Å². The molecule has 1 fully saturated rings. The maximum absolute atomic E-state index is 14.6. The molecule has 6 rings (SSSR count). The van der Waals surface area contributed by atoms with Gasteiger partial charge in [0.05, 0.1) is 18.2 Å². The molecule has 1 heterocycles. The first-order valence-electron chi connectivity index (χ1n) is 20.3. The van der Waals surface area contributed by atoms with E-state index in [0.717, 1.165) is 22.3 Å². The van der Waals surface area contributed by atoms with Crippen LogP contribution in [0.25, 0.3) is 6.08 Å². The number of rotatable bonds is 14. The lowest BCUT2D eigenvalue weighted by molar-refractivity contribution is -0.172. The SMILES string of the molecule is CN(C)C(=O)C=Cc1ccc(C(=O)OC2CC(C(=O)N(C)C(Cc3ccccc3)C(=O)NC(CO)CCC(=O)OC(C)(C)C)=CC3OC4(Cc5ccccc5C4)OC32)cc1. The van der Waals surface area contributed by atoms with Crippen LogP contribution in [0.4, 0.5) is 0 Å². The van der Waals surface area contributed by atoms with Crippen molar-refractivity contribution in [2.45, 2.75) is 101 Å². The van der Waals surface area contributed by atoms with E-state index in [-0.39, 0.29) is 42.7 Å². The second-order valence-corrected chi connectivity index (χ2v) is 16.9. The standard InChI is InChI=1S/C47H55N3O10/c1-46(2,3)59-41(53)23-21-36(29-51)48-43(54)37(24-31-12-8-7-9-13-31)50(6)44(55)35-25-38(57-45(56)32-19-16-30(17-20-32)18-22-40(52)49(4)5)42-39(26-35)58-47(60-42)27-33-14-10-11-15-34(33)28-47/h7-20,22,26,36-39,42,51H,21,23-25,27-29H2,1-6H3,(H,48,54). The number of carbonyl (C=O) groups is 5. The highest BCUT2D eigenvalue weighted by molar-refractivity contribution is 5.97. The Morgan fingerprint density at radius 2 is 1.57 bits per heavy atom. The zero-order chi connectivity index (χ0) is 43.2. The Balaban J connectivity index is 1.23. The van der Waals surface area contributed by atoms with Crippen molar-refractivity contribution in [1.82, 2.24) is 15.1 Å². The van der Waals surface area contributed by atoms with Crippen LogP contribution < -0.4 is 5.32 Å². The zero-order valence-electron chi connectivity index (χ0n) is 35.1. The fraction of sp³-hybridized carbons (Fsp3) is 0.426. The van der Waals surface area contributed by atoms with E-state index in [9.17, 15) is 29.1 Å². The predicted molar refractivity (Wildman–Crippen MR) is 223 cm³/mol. The van der Waals surface area contributed by atoms with E-state index in [1.54, 1.807) is 78.3 Å². The highest BCUT2D eigenvalue weighted by atomic mass is 16.8. The molecule has 5 atom stereocenters. The van der Waals surface area contributed by atoms with Gasteiger partial charge >= 0.3 is 11.9 Å². The number of likely N-dealkylation sites (N-methyl/N-ethyl adjacent to an activating group) is 2. The van der Waals surface area contributed by atoms with Gasteiger partial charge in [-0.2, -0.15) is 0 Å². The number of benzene rings is 3. The van der Waals surface area contributed by atoms with Crippen molar-refractivity contribution in [1.29, 1.82) is 0 Å². The van der Waals surface area contributed by atoms with E-state index in [2.05, 4.69) is 5.32 Å². The number of carbonyl (C=O) groups excluding carboxylic acids is 5. The van der Waals surface area contributed by atoms with E-state index in [0.29, 0.717) is 12.8 Å². The Kier molecular flexibility index (Phi) is 13.7. The molecule has 1 aliphatic heterocycles. The van der Waals surface area contributed by atoms with Gasteiger partial charge in [-0.05, 0) is 73.7 Å². The largest absolute Gasteiger partial charge is 0.460 e. The van der Waals surface area contributed by atoms with E-state index < -0.39 is 72.1 Å². The molecule has 5 unspecified atom stereocenters. The number of fused-ring (bicyclic) bond motifs is 2. The van der Waals surface area contributed by atoms with Crippen LogP contribution in [-0.4, -0.2) is 114 Å². The summed E-state index contributed by atoms with van der Waals surface area (Å²) in [6.07, 6.45) is 3.66. The molecule has 1 saturated heterocycles. The smallest absolute Gasteiger partial charge is 0.338 e. The lowest BCUT2D eigenvalue weighted by Crippen LogP contribution is -2.53. The van der Waals surface area contributed by atoms with E-state index >= 15 is 0 Å². The summed E-state index contributed by atoms with van der Waals surface area (Å²) in [6.45, 7) is 4.86. The number of hydrogen-bond donors (Lipinski definition) is 2. The summed E-state index contributed by atoms with van der Waals surface area (Å²) >= 11 is 0. The van der Waals surface area contributed by atoms with E-state index in [1.807, 2.05) is 54.6 Å². The van der Waals surface area contributed by atoms with E-state index in [1.165, 1.54) is 15.9 Å². The minimum atomic E-state index is -1.02. The van der Waals surface area contributed by atoms with Crippen LogP contribution in [0.2, 0.25) is 0 Å². The number of amides is 3. The molecule has 1 spiro atoms. The average molecular weight is 822 g/mol. The van der Waals surface area contributed by atoms with Gasteiger partial charge in [0.25, 0.3) is 0 Å². The van der Waals surface area contributed by atoms with Crippen molar-refractivity contribution < 1.29 is 48.0 Å². The fourth-order valence-electron chi connectivity index (χ4n) is 7.71. The van der Waals surface area contributed by atoms with Gasteiger partial charge in [0.15, 0.2) is 5.79 Å². The van der Waals surface area contributed by atoms with Gasteiger partial charge < -0.3 is 39.2 Å². The minimum absolute atomic E-state index is 0.00916. The van der Waals surface area contributed by atoms with E-state index in [4.69, 9.17) is 18.9 Å². The first kappa shape index (κ1) is 43.9. The number of esters is 2. The molecule has 3 aromatic rings. The zero-order valence-corrected chi connectivity index (χ0v) is 35.1. The molecule has 2 N–H and O–H groups in total. The summed E-state index contributed by atoms with van der Waals surface area (Å²) in [5, 5.41) is 13.0. The Bertz CT molecular complexity index is 2080. The lowest BCUT2D eigenvalue weighted by atomic mass is 9.90. The van der Waals surface area contributed by atoms with Crippen LogP contribution >= 0.6 is 0 Å². The number of hydrogen-bond acceptors (Lipinski definition) is 10. The van der Waals surface area contributed by atoms with Gasteiger partial charge in [-0.1, -0.05) is 66.7 Å². The van der Waals surface area contributed by atoms with Crippen molar-refractivity contribution in [2.24, 2.45) is 0 Å². The van der Waals surface area contributed by atoms with Crippen molar-refractivity contribution in [3.05, 3.63) is 124 Å². The third-order valence-electron chi connectivity index (χ3n) is 10.8. The van der Waals surface area contributed by atoms with Gasteiger partial charge in [-0.15, -0.1) is 0 Å². The summed E-state index contributed by atoms with van der Waals surface area (Å²) < 4.78 is 24.9. The maximum Gasteiger partial charge on any atom is 0.338 e. The first-order chi connectivity index (χ1) is 28.5. The predicted octanol–water partition coefficient (Wildman–Crippen LogP) is 4.59. The second kappa shape index (κ2) is 18.7. The molecule has 3 aliphatic rings. The Labute approximate surface area is 351 Å². The highest BCUT2D eigenvalue weighted by Gasteiger charge is 2.55. The van der Waals surface area contributed by atoms with Crippen LogP contribution in [0.15, 0.2) is 96.6 Å². The summed E-state index contributed by atoms with van der Waals surface area (Å²) in [6, 6.07) is 22.1. The molecule has 0 saturated carbocycles.